The van der Waals surface area contributed by atoms with Gasteiger partial charge < -0.3 is 40.1 Å². The van der Waals surface area contributed by atoms with E-state index in [1.165, 1.54) is 190 Å². The van der Waals surface area contributed by atoms with E-state index in [2.05, 4.69) is 190 Å². The van der Waals surface area contributed by atoms with Crippen LogP contribution in [0.1, 0.15) is 281 Å². The van der Waals surface area contributed by atoms with Crippen LogP contribution < -0.4 is 0 Å². The molecule has 7 heterocycles. The lowest BCUT2D eigenvalue weighted by Crippen LogP contribution is -2.60. The first-order valence-corrected chi connectivity index (χ1v) is 50.3. The van der Waals surface area contributed by atoms with E-state index >= 15 is 0 Å². The minimum Gasteiger partial charge on any atom is -0.508 e. The summed E-state index contributed by atoms with van der Waals surface area (Å²) in [5.74, 6) is 8.28. The van der Waals surface area contributed by atoms with Crippen LogP contribution in [0.25, 0.3) is 0 Å². The largest absolute Gasteiger partial charge is 0.508 e. The molecule has 0 radical (unpaired) electrons. The summed E-state index contributed by atoms with van der Waals surface area (Å²) in [5, 5.41) is 59.3. The molecule has 688 valence electrons. The van der Waals surface area contributed by atoms with Gasteiger partial charge in [0.15, 0.2) is 0 Å². The Balaban J connectivity index is 0.000000107. The molecule has 21 atom stereocenters. The van der Waals surface area contributed by atoms with E-state index in [0.717, 1.165) is 108 Å². The Bertz CT molecular complexity index is 4680. The third kappa shape index (κ3) is 17.4. The molecule has 14 heteroatoms. The lowest BCUT2D eigenvalue weighted by molar-refractivity contribution is -0.00671. The minimum atomic E-state index is 0.195. The fraction of sp³-hybridized carbons (Fsp3) is 0.679. The van der Waals surface area contributed by atoms with Gasteiger partial charge in [0, 0.05) is 88.2 Å². The van der Waals surface area contributed by atoms with Crippen LogP contribution in [0.4, 0.5) is 0 Å². The van der Waals surface area contributed by atoms with Gasteiger partial charge in [-0.25, -0.2) is 0 Å². The van der Waals surface area contributed by atoms with Crippen LogP contribution in [0.5, 0.6) is 34.5 Å². The minimum absolute atomic E-state index is 0.195. The summed E-state index contributed by atoms with van der Waals surface area (Å²) >= 11 is 0. The van der Waals surface area contributed by atoms with E-state index in [-0.39, 0.29) is 32.5 Å². The Labute approximate surface area is 759 Å². The number of phenolic OH excluding ortho intramolecular Hbond substituents is 6. The van der Waals surface area contributed by atoms with Crippen LogP contribution in [0.2, 0.25) is 0 Å². The fourth-order valence-corrected chi connectivity index (χ4v) is 28.4. The molecule has 7 saturated heterocycles. The Morgan fingerprint density at radius 2 is 0.659 bits per heavy atom. The lowest BCUT2D eigenvalue weighted by atomic mass is 9.58. The maximum atomic E-state index is 9.90. The number of methoxy groups -OCH3 is 1. The van der Waals surface area contributed by atoms with Crippen LogP contribution >= 0.6 is 0 Å². The first-order valence-electron chi connectivity index (χ1n) is 50.3. The number of piperidine rings is 6. The molecule has 0 aromatic heterocycles. The summed E-state index contributed by atoms with van der Waals surface area (Å²) in [6.07, 6.45) is 25.4. The summed E-state index contributed by atoms with van der Waals surface area (Å²) < 4.78 is 11.1. The van der Waals surface area contributed by atoms with Gasteiger partial charge in [0.05, 0.1) is 12.7 Å². The van der Waals surface area contributed by atoms with Gasteiger partial charge in [0.25, 0.3) is 0 Å². The van der Waals surface area contributed by atoms with Crippen LogP contribution in [-0.2, 0) is 80.5 Å². The van der Waals surface area contributed by atoms with Gasteiger partial charge in [-0.1, -0.05) is 147 Å². The topological polar surface area (TPSA) is 159 Å². The second-order valence-electron chi connectivity index (χ2n) is 47.0. The van der Waals surface area contributed by atoms with Crippen molar-refractivity contribution in [3.05, 3.63) is 176 Å². The molecule has 9 aliphatic carbocycles. The van der Waals surface area contributed by atoms with Crippen molar-refractivity contribution >= 4 is 0 Å². The predicted octanol–water partition coefficient (Wildman–Crippen LogP) is 20.8. The number of likely N-dealkylation sites (tertiary alicyclic amines) is 6. The summed E-state index contributed by atoms with van der Waals surface area (Å²) in [7, 11) is 1.77. The highest BCUT2D eigenvalue weighted by Crippen LogP contribution is 2.58. The summed E-state index contributed by atoms with van der Waals surface area (Å²) in [5.41, 5.74) is 19.3. The number of rotatable bonds is 12. The van der Waals surface area contributed by atoms with Crippen LogP contribution in [0.15, 0.2) is 109 Å². The Hall–Kier alpha value is -6.20. The van der Waals surface area contributed by atoms with Crippen molar-refractivity contribution in [2.24, 2.45) is 58.2 Å². The second-order valence-corrected chi connectivity index (χ2v) is 47.0. The van der Waals surface area contributed by atoms with E-state index < -0.39 is 0 Å². The van der Waals surface area contributed by atoms with Crippen LogP contribution in [0, 0.1) is 58.2 Å². The zero-order chi connectivity index (χ0) is 89.4. The highest BCUT2D eigenvalue weighted by molar-refractivity contribution is 5.50. The zero-order valence-corrected chi connectivity index (χ0v) is 81.0. The molecule has 12 bridgehead atoms. The van der Waals surface area contributed by atoms with Gasteiger partial charge in [-0.15, -0.1) is 0 Å². The number of fused-ring (bicyclic) bond motifs is 24. The summed E-state index contributed by atoms with van der Waals surface area (Å²) in [4.78, 5) is 16.4. The number of hydrogen-bond acceptors (Lipinski definition) is 14. The standard InChI is InChI=1S/C19H27NO2.3C19H27NO.C19H29NO.C17H25NO2/c1-13-18-10-14-5-6-15(21)11-17(14)19(13,2)7-8-20(18)12-16-4-3-9-22-16;1-13-17-10-14-4-5-15(21)11-16(14)19(13,3)8-9-20(17)12-18(2)6-7-18;2*1-12-18-10-15-6-7-16(21)11-17(15)19(12,3)8-9-20(18)13(2)14-4-5-14;1-13-17-10-14-6-7-15(21)11-16(14)19(13,5)8-9-20(17)12-18(2,3)4;1-12-16-10-13-4-5-14(19)11-15(13)17(12,2)6-7-18(16)8-9-20-3/h5-6,11,13,16,18,21H,3-4,7-10,12H2,1-2H3;4-5,11,13,17,21H,6-10,12H2,1-3H3;2*6-7,11-14,18,21H,4-5,8-10H2,1-3H3;6-7,11,13,17,21H,8-10,12H2,1-5H3;4-5,11-12,16,19H,6-10H2,1-3H3/t13-,16+,18+,19+;13?,17-,19-;12-,13+,18+,19+;12-,13-,18+,19+;13?,17?,19-;12-,16+,17+/m010010/s1. The molecule has 3 saturated carbocycles. The summed E-state index contributed by atoms with van der Waals surface area (Å²) in [6, 6.07) is 41.5. The molecule has 3 unspecified atom stereocenters. The average Bonchev–Trinajstić information content (AvgIpc) is 1.06. The summed E-state index contributed by atoms with van der Waals surface area (Å²) in [6.45, 7) is 56.7. The highest BCUT2D eigenvalue weighted by Gasteiger charge is 2.57. The number of benzene rings is 6. The van der Waals surface area contributed by atoms with E-state index in [4.69, 9.17) is 9.47 Å². The van der Waals surface area contributed by atoms with Crippen LogP contribution in [-0.4, -0.2) is 200 Å². The molecule has 14 nitrogen and oxygen atoms in total. The first kappa shape index (κ1) is 91.7. The Kier molecular flexibility index (Phi) is 25.5. The Morgan fingerprint density at radius 3 is 0.968 bits per heavy atom. The van der Waals surface area contributed by atoms with Crippen molar-refractivity contribution < 1.29 is 40.1 Å². The van der Waals surface area contributed by atoms with Crippen molar-refractivity contribution in [2.75, 3.05) is 85.8 Å². The van der Waals surface area contributed by atoms with E-state index in [0.29, 0.717) is 123 Å². The van der Waals surface area contributed by atoms with E-state index in [9.17, 15) is 30.6 Å². The second kappa shape index (κ2) is 35.1. The molecule has 10 fully saturated rings. The molecule has 6 aromatic carbocycles. The number of phenols is 6. The monoisotopic (exact) mass is 1720 g/mol. The number of hydrogen-bond donors (Lipinski definition) is 6. The SMILES string of the molecule is CC1C2Cc3ccc(O)cc3[C@]1(C)CCN2CC(C)(C)C.CC1[C@H]2Cc3ccc(O)cc3[C@]1(C)CCN2CC1(C)CC1.COCCN1CC[C@@]2(C)c3cc(O)ccc3C[C@@H]1[C@@H]2C.C[C@@H](C1CC1)N1CC[C@@]2(C)c3cc(O)ccc3C[C@@H]1[C@@H]2C.C[C@H](C1CC1)N1CC[C@@]2(C)c3cc(O)ccc3C[C@@H]1[C@@H]2C.C[C@H]1[C@H]2Cc3ccc(O)cc3[C@]1(C)CCN2C[C@H]1CCCO1. The quantitative estimate of drug-likeness (QED) is 0.0687. The fourth-order valence-electron chi connectivity index (χ4n) is 28.4. The average molecular weight is 1720 g/mol. The van der Waals surface area contributed by atoms with Crippen molar-refractivity contribution in [3.63, 3.8) is 0 Å². The van der Waals surface area contributed by atoms with Crippen molar-refractivity contribution in [1.82, 2.24) is 29.4 Å². The highest BCUT2D eigenvalue weighted by atomic mass is 16.5. The van der Waals surface area contributed by atoms with E-state index in [1.807, 2.05) is 72.8 Å². The van der Waals surface area contributed by atoms with Gasteiger partial charge in [-0.2, -0.15) is 0 Å². The molecule has 6 N–H and O–H groups in total. The van der Waals surface area contributed by atoms with Crippen LogP contribution in [0.3, 0.4) is 0 Å². The first-order chi connectivity index (χ1) is 59.8. The van der Waals surface area contributed by atoms with Crippen molar-refractivity contribution in [2.45, 2.75) is 340 Å². The number of nitrogens with zero attached hydrogens (tertiary/aromatic N) is 6. The molecule has 6 aromatic rings. The molecule has 126 heavy (non-hydrogen) atoms. The smallest absolute Gasteiger partial charge is 0.115 e. The van der Waals surface area contributed by atoms with Gasteiger partial charge >= 0.3 is 0 Å². The molecule has 0 amide bonds. The number of aromatic hydroxyl groups is 6. The predicted molar refractivity (Wildman–Crippen MR) is 512 cm³/mol. The molecule has 0 spiro atoms. The van der Waals surface area contributed by atoms with Gasteiger partial charge in [0.1, 0.15) is 34.5 Å². The number of ether oxygens (including phenoxy) is 2. The van der Waals surface area contributed by atoms with Gasteiger partial charge in [0.2, 0.25) is 0 Å². The zero-order valence-electron chi connectivity index (χ0n) is 81.0. The molecular formula is C112H162N6O8. The molecule has 16 aliphatic rings. The normalized spacial score (nSPS) is 35.9. The van der Waals surface area contributed by atoms with Gasteiger partial charge in [-0.3, -0.25) is 29.4 Å². The van der Waals surface area contributed by atoms with Crippen molar-refractivity contribution in [3.8, 4) is 34.5 Å². The molecular weight excluding hydrogens is 1560 g/mol. The molecule has 22 rings (SSSR count). The molecule has 7 aliphatic heterocycles. The maximum Gasteiger partial charge on any atom is 0.115 e. The third-order valence-electron chi connectivity index (χ3n) is 38.6. The van der Waals surface area contributed by atoms with Crippen molar-refractivity contribution in [1.29, 1.82) is 0 Å². The third-order valence-corrected chi connectivity index (χ3v) is 38.6. The Morgan fingerprint density at radius 1 is 0.373 bits per heavy atom. The maximum absolute atomic E-state index is 9.90. The van der Waals surface area contributed by atoms with Gasteiger partial charge in [-0.05, 0) is 412 Å². The van der Waals surface area contributed by atoms with E-state index in [1.54, 1.807) is 7.11 Å². The lowest BCUT2D eigenvalue weighted by Gasteiger charge is -2.56.